The van der Waals surface area contributed by atoms with Crippen LogP contribution in [0.5, 0.6) is 0 Å². The second kappa shape index (κ2) is 12.0. The van der Waals surface area contributed by atoms with E-state index >= 15 is 0 Å². The molecule has 148 valence electrons. The molecule has 0 aliphatic carbocycles. The zero-order valence-electron chi connectivity index (χ0n) is 15.7. The summed E-state index contributed by atoms with van der Waals surface area (Å²) in [5.74, 6) is 0.937. The number of aliphatic imine (C=N–C) groups is 1. The van der Waals surface area contributed by atoms with Crippen molar-refractivity contribution in [3.05, 3.63) is 56.7 Å². The van der Waals surface area contributed by atoms with Crippen molar-refractivity contribution < 1.29 is 0 Å². The first-order valence-electron chi connectivity index (χ1n) is 9.27. The smallest absolute Gasteiger partial charge is 0.191 e. The molecule has 0 saturated carbocycles. The number of nitrogens with zero attached hydrogens (tertiary/aromatic N) is 2. The Kier molecular flexibility index (Phi) is 10.1. The van der Waals surface area contributed by atoms with Crippen molar-refractivity contribution in [3.63, 3.8) is 0 Å². The van der Waals surface area contributed by atoms with Gasteiger partial charge in [0.15, 0.2) is 5.96 Å². The molecule has 0 atom stereocenters. The lowest BCUT2D eigenvalue weighted by molar-refractivity contribution is 0.198. The van der Waals surface area contributed by atoms with Crippen molar-refractivity contribution in [1.29, 1.82) is 0 Å². The number of likely N-dealkylation sites (tertiary alicyclic amines) is 1. The molecule has 1 aromatic carbocycles. The minimum Gasteiger partial charge on any atom is -0.357 e. The molecule has 27 heavy (non-hydrogen) atoms. The van der Waals surface area contributed by atoms with E-state index in [9.17, 15) is 0 Å². The molecule has 0 unspecified atom stereocenters. The monoisotopic (exact) mass is 562 g/mol. The van der Waals surface area contributed by atoms with Crippen LogP contribution in [0.1, 0.15) is 30.2 Å². The third-order valence-corrected chi connectivity index (χ3v) is 5.96. The van der Waals surface area contributed by atoms with Gasteiger partial charge in [-0.25, -0.2) is 4.99 Å². The summed E-state index contributed by atoms with van der Waals surface area (Å²) in [6.45, 7) is 7.03. The van der Waals surface area contributed by atoms with Crippen LogP contribution in [-0.4, -0.2) is 36.5 Å². The van der Waals surface area contributed by atoms with E-state index in [1.54, 1.807) is 11.3 Å². The second-order valence-electron chi connectivity index (χ2n) is 6.60. The number of piperidine rings is 1. The highest BCUT2D eigenvalue weighted by Gasteiger charge is 2.20. The van der Waals surface area contributed by atoms with Crippen molar-refractivity contribution in [1.82, 2.24) is 15.5 Å². The predicted molar refractivity (Wildman–Crippen MR) is 130 cm³/mol. The van der Waals surface area contributed by atoms with E-state index in [0.717, 1.165) is 56.0 Å². The van der Waals surface area contributed by atoms with Gasteiger partial charge in [-0.05, 0) is 48.9 Å². The van der Waals surface area contributed by atoms with Crippen LogP contribution in [0.15, 0.2) is 51.2 Å². The minimum absolute atomic E-state index is 0. The number of hydrogen-bond acceptors (Lipinski definition) is 3. The molecule has 7 heteroatoms. The van der Waals surface area contributed by atoms with Gasteiger partial charge < -0.3 is 10.6 Å². The van der Waals surface area contributed by atoms with Crippen LogP contribution >= 0.6 is 51.2 Å². The zero-order valence-corrected chi connectivity index (χ0v) is 20.4. The fourth-order valence-corrected chi connectivity index (χ4v) is 4.05. The van der Waals surface area contributed by atoms with Gasteiger partial charge in [0, 0.05) is 41.6 Å². The summed E-state index contributed by atoms with van der Waals surface area (Å²) in [5, 5.41) is 9.10. The average Bonchev–Trinajstić information content (AvgIpc) is 3.17. The Labute approximate surface area is 192 Å². The highest BCUT2D eigenvalue weighted by molar-refractivity contribution is 14.0. The van der Waals surface area contributed by atoms with Gasteiger partial charge in [-0.2, -0.15) is 0 Å². The molecule has 1 aromatic heterocycles. The number of guanidine groups is 1. The Morgan fingerprint density at radius 1 is 1.22 bits per heavy atom. The van der Waals surface area contributed by atoms with Gasteiger partial charge >= 0.3 is 0 Å². The van der Waals surface area contributed by atoms with Gasteiger partial charge in [0.05, 0.1) is 6.54 Å². The lowest BCUT2D eigenvalue weighted by Crippen LogP contribution is -2.48. The Morgan fingerprint density at radius 3 is 2.59 bits per heavy atom. The Hall–Kier alpha value is -0.640. The summed E-state index contributed by atoms with van der Waals surface area (Å²) in [5.41, 5.74) is 1.38. The molecular weight excluding hydrogens is 535 g/mol. The van der Waals surface area contributed by atoms with Crippen LogP contribution in [0.3, 0.4) is 0 Å². The third-order valence-electron chi connectivity index (χ3n) is 4.57. The molecule has 2 aromatic rings. The van der Waals surface area contributed by atoms with Crippen molar-refractivity contribution >= 4 is 57.2 Å². The molecule has 3 rings (SSSR count). The summed E-state index contributed by atoms with van der Waals surface area (Å²) in [6.07, 6.45) is 2.31. The molecule has 2 N–H and O–H groups in total. The van der Waals surface area contributed by atoms with E-state index in [2.05, 4.69) is 80.2 Å². The van der Waals surface area contributed by atoms with Crippen molar-refractivity contribution in [3.8, 4) is 0 Å². The lowest BCUT2D eigenvalue weighted by atomic mass is 10.0. The second-order valence-corrected chi connectivity index (χ2v) is 8.54. The SMILES string of the molecule is CCNC(=NCc1cccs1)NC1CCN(Cc2ccc(Br)cc2)CC1.I. The predicted octanol–water partition coefficient (Wildman–Crippen LogP) is 4.85. The summed E-state index contributed by atoms with van der Waals surface area (Å²) < 4.78 is 1.14. The van der Waals surface area contributed by atoms with E-state index in [-0.39, 0.29) is 24.0 Å². The van der Waals surface area contributed by atoms with Crippen LogP contribution in [0.4, 0.5) is 0 Å². The summed E-state index contributed by atoms with van der Waals surface area (Å²) in [6, 6.07) is 13.4. The van der Waals surface area contributed by atoms with Crippen molar-refractivity contribution in [2.24, 2.45) is 4.99 Å². The Balaban J connectivity index is 0.00000261. The van der Waals surface area contributed by atoms with Crippen LogP contribution in [-0.2, 0) is 13.1 Å². The van der Waals surface area contributed by atoms with E-state index < -0.39 is 0 Å². The highest BCUT2D eigenvalue weighted by atomic mass is 127. The number of thiophene rings is 1. The maximum atomic E-state index is 4.73. The number of hydrogen-bond donors (Lipinski definition) is 2. The summed E-state index contributed by atoms with van der Waals surface area (Å²) >= 11 is 5.26. The Bertz CT molecular complexity index is 683. The standard InChI is InChI=1S/C20H27BrN4S.HI/c1-2-22-20(23-14-19-4-3-13-26-19)24-18-9-11-25(12-10-18)15-16-5-7-17(21)8-6-16;/h3-8,13,18H,2,9-12,14-15H2,1H3,(H2,22,23,24);1H. The van der Waals surface area contributed by atoms with E-state index in [0.29, 0.717) is 6.04 Å². The van der Waals surface area contributed by atoms with Crippen molar-refractivity contribution in [2.75, 3.05) is 19.6 Å². The van der Waals surface area contributed by atoms with E-state index in [1.807, 2.05) is 0 Å². The molecule has 4 nitrogen and oxygen atoms in total. The molecule has 0 spiro atoms. The van der Waals surface area contributed by atoms with Gasteiger partial charge in [-0.3, -0.25) is 4.90 Å². The molecule has 0 radical (unpaired) electrons. The number of benzene rings is 1. The number of rotatable bonds is 6. The van der Waals surface area contributed by atoms with E-state index in [4.69, 9.17) is 4.99 Å². The van der Waals surface area contributed by atoms with Crippen LogP contribution in [0.2, 0.25) is 0 Å². The van der Waals surface area contributed by atoms with Gasteiger partial charge in [0.2, 0.25) is 0 Å². The van der Waals surface area contributed by atoms with E-state index in [1.165, 1.54) is 10.4 Å². The third kappa shape index (κ3) is 7.71. The first kappa shape index (κ1) is 22.6. The largest absolute Gasteiger partial charge is 0.357 e. The zero-order chi connectivity index (χ0) is 18.2. The Morgan fingerprint density at radius 2 is 1.96 bits per heavy atom. The molecule has 1 aliphatic heterocycles. The summed E-state index contributed by atoms with van der Waals surface area (Å²) in [4.78, 5) is 8.57. The quantitative estimate of drug-likeness (QED) is 0.300. The first-order chi connectivity index (χ1) is 12.7. The van der Waals surface area contributed by atoms with Crippen LogP contribution in [0, 0.1) is 0 Å². The lowest BCUT2D eigenvalue weighted by Gasteiger charge is -2.33. The molecule has 1 saturated heterocycles. The maximum Gasteiger partial charge on any atom is 0.191 e. The molecular formula is C20H28BrIN4S. The minimum atomic E-state index is 0. The van der Waals surface area contributed by atoms with Gasteiger partial charge in [0.1, 0.15) is 0 Å². The molecule has 2 heterocycles. The van der Waals surface area contributed by atoms with Crippen molar-refractivity contribution in [2.45, 2.75) is 38.9 Å². The normalized spacial score (nSPS) is 16.0. The van der Waals surface area contributed by atoms with Gasteiger partial charge in [-0.15, -0.1) is 35.3 Å². The number of nitrogens with one attached hydrogen (secondary N) is 2. The first-order valence-corrected chi connectivity index (χ1v) is 10.9. The maximum absolute atomic E-state index is 4.73. The fraction of sp³-hybridized carbons (Fsp3) is 0.450. The van der Waals surface area contributed by atoms with Crippen LogP contribution in [0.25, 0.3) is 0 Å². The molecule has 0 amide bonds. The van der Waals surface area contributed by atoms with Crippen LogP contribution < -0.4 is 10.6 Å². The topological polar surface area (TPSA) is 39.7 Å². The van der Waals surface area contributed by atoms with Gasteiger partial charge in [-0.1, -0.05) is 34.1 Å². The highest BCUT2D eigenvalue weighted by Crippen LogP contribution is 2.16. The summed E-state index contributed by atoms with van der Waals surface area (Å²) in [7, 11) is 0. The molecule has 0 bridgehead atoms. The molecule has 1 aliphatic rings. The average molecular weight is 563 g/mol. The van der Waals surface area contributed by atoms with Gasteiger partial charge in [0.25, 0.3) is 0 Å². The number of halogens is 2. The molecule has 1 fully saturated rings. The fourth-order valence-electron chi connectivity index (χ4n) is 3.16.